The van der Waals surface area contributed by atoms with Crippen LogP contribution in [0.25, 0.3) is 0 Å². The van der Waals surface area contributed by atoms with Crippen molar-refractivity contribution in [1.29, 1.82) is 0 Å². The van der Waals surface area contributed by atoms with Gasteiger partial charge in [0.1, 0.15) is 5.75 Å². The highest BCUT2D eigenvalue weighted by Gasteiger charge is 2.34. The normalized spacial score (nSPS) is 11.1. The van der Waals surface area contributed by atoms with Gasteiger partial charge in [-0.3, -0.25) is 9.59 Å². The van der Waals surface area contributed by atoms with Gasteiger partial charge in [0.15, 0.2) is 12.6 Å². The Hall–Kier alpha value is -1.85. The molecule has 17 heavy (non-hydrogen) atoms. The topological polar surface area (TPSA) is 43.4 Å². The number of halogens is 3. The molecule has 0 bridgehead atoms. The zero-order valence-corrected chi connectivity index (χ0v) is 8.88. The summed E-state index contributed by atoms with van der Waals surface area (Å²) < 4.78 is 42.6. The third kappa shape index (κ3) is 2.83. The van der Waals surface area contributed by atoms with Crippen LogP contribution in [0.1, 0.15) is 33.2 Å². The van der Waals surface area contributed by atoms with E-state index in [0.717, 1.165) is 6.07 Å². The van der Waals surface area contributed by atoms with Crippen LogP contribution in [0.4, 0.5) is 13.2 Å². The van der Waals surface area contributed by atoms with Crippen molar-refractivity contribution in [3.8, 4) is 5.75 Å². The average molecular weight is 246 g/mol. The van der Waals surface area contributed by atoms with Gasteiger partial charge in [0, 0.05) is 5.56 Å². The fraction of sp³-hybridized carbons (Fsp3) is 0.273. The smallest absolute Gasteiger partial charge is 0.417 e. The predicted molar refractivity (Wildman–Crippen MR) is 53.4 cm³/mol. The van der Waals surface area contributed by atoms with Gasteiger partial charge < -0.3 is 4.74 Å². The van der Waals surface area contributed by atoms with E-state index in [1.54, 1.807) is 6.92 Å². The summed E-state index contributed by atoms with van der Waals surface area (Å²) in [5, 5.41) is 0. The van der Waals surface area contributed by atoms with Crippen LogP contribution in [0.2, 0.25) is 0 Å². The van der Waals surface area contributed by atoms with Crippen molar-refractivity contribution in [2.24, 2.45) is 0 Å². The van der Waals surface area contributed by atoms with Gasteiger partial charge >= 0.3 is 6.18 Å². The largest absolute Gasteiger partial charge is 0.493 e. The second-order valence-corrected chi connectivity index (χ2v) is 3.14. The second-order valence-electron chi connectivity index (χ2n) is 3.14. The first-order valence-electron chi connectivity index (χ1n) is 4.72. The molecular weight excluding hydrogens is 237 g/mol. The third-order valence-electron chi connectivity index (χ3n) is 2.04. The van der Waals surface area contributed by atoms with Crippen LogP contribution in [0.3, 0.4) is 0 Å². The Morgan fingerprint density at radius 1 is 1.18 bits per heavy atom. The Labute approximate surface area is 95.2 Å². The minimum atomic E-state index is -4.68. The lowest BCUT2D eigenvalue weighted by molar-refractivity contribution is -0.137. The maximum absolute atomic E-state index is 12.6. The summed E-state index contributed by atoms with van der Waals surface area (Å²) in [6.45, 7) is 1.80. The van der Waals surface area contributed by atoms with Crippen LogP contribution in [0, 0.1) is 0 Å². The maximum Gasteiger partial charge on any atom is 0.417 e. The van der Waals surface area contributed by atoms with Crippen LogP contribution >= 0.6 is 0 Å². The highest BCUT2D eigenvalue weighted by Crippen LogP contribution is 2.34. The van der Waals surface area contributed by atoms with E-state index in [1.807, 2.05) is 0 Å². The van der Waals surface area contributed by atoms with Crippen LogP contribution in [-0.4, -0.2) is 19.2 Å². The standard InChI is InChI=1S/C11H9F3O3/c1-2-17-10-4-7(5-15)9(11(12,13)14)3-8(10)6-16/h3-6H,2H2,1H3. The molecule has 6 heteroatoms. The monoisotopic (exact) mass is 246 g/mol. The summed E-state index contributed by atoms with van der Waals surface area (Å²) in [6.07, 6.45) is -4.34. The Morgan fingerprint density at radius 3 is 2.18 bits per heavy atom. The number of aldehydes is 2. The van der Waals surface area contributed by atoms with Gasteiger partial charge in [0.05, 0.1) is 17.7 Å². The number of ether oxygens (including phenoxy) is 1. The first-order chi connectivity index (χ1) is 7.93. The van der Waals surface area contributed by atoms with E-state index in [0.29, 0.717) is 6.07 Å². The van der Waals surface area contributed by atoms with Crippen molar-refractivity contribution in [3.05, 3.63) is 28.8 Å². The number of alkyl halides is 3. The van der Waals surface area contributed by atoms with E-state index >= 15 is 0 Å². The van der Waals surface area contributed by atoms with Gasteiger partial charge in [0.2, 0.25) is 0 Å². The minimum absolute atomic E-state index is 0.0300. The number of rotatable bonds is 4. The number of benzene rings is 1. The molecule has 0 saturated carbocycles. The quantitative estimate of drug-likeness (QED) is 0.767. The number of hydrogen-bond acceptors (Lipinski definition) is 3. The first-order valence-corrected chi connectivity index (χ1v) is 4.72. The molecule has 0 heterocycles. The minimum Gasteiger partial charge on any atom is -0.493 e. The first kappa shape index (κ1) is 13.2. The number of carbonyl (C=O) groups excluding carboxylic acids is 2. The second kappa shape index (κ2) is 4.99. The predicted octanol–water partition coefficient (Wildman–Crippen LogP) is 2.73. The van der Waals surface area contributed by atoms with Gasteiger partial charge in [-0.1, -0.05) is 0 Å². The summed E-state index contributed by atoms with van der Waals surface area (Å²) in [5.74, 6) is -0.0300. The fourth-order valence-corrected chi connectivity index (χ4v) is 1.33. The lowest BCUT2D eigenvalue weighted by Crippen LogP contribution is -2.11. The van der Waals surface area contributed by atoms with Gasteiger partial charge in [-0.05, 0) is 19.1 Å². The molecule has 0 radical (unpaired) electrons. The molecule has 0 aliphatic heterocycles. The van der Waals surface area contributed by atoms with Gasteiger partial charge in [-0.2, -0.15) is 13.2 Å². The molecule has 0 aliphatic rings. The summed E-state index contributed by atoms with van der Waals surface area (Å²) in [7, 11) is 0. The van der Waals surface area contributed by atoms with E-state index in [1.165, 1.54) is 0 Å². The highest BCUT2D eigenvalue weighted by atomic mass is 19.4. The molecule has 0 aromatic heterocycles. The van der Waals surface area contributed by atoms with Crippen molar-refractivity contribution in [1.82, 2.24) is 0 Å². The third-order valence-corrected chi connectivity index (χ3v) is 2.04. The van der Waals surface area contributed by atoms with Crippen molar-refractivity contribution in [2.75, 3.05) is 6.61 Å². The van der Waals surface area contributed by atoms with Crippen LogP contribution < -0.4 is 4.74 Å². The Balaban J connectivity index is 3.43. The van der Waals surface area contributed by atoms with Gasteiger partial charge in [-0.25, -0.2) is 0 Å². The lowest BCUT2D eigenvalue weighted by Gasteiger charge is -2.13. The molecule has 1 rings (SSSR count). The SMILES string of the molecule is CCOc1cc(C=O)c(C(F)(F)F)cc1C=O. The molecule has 0 saturated heterocycles. The van der Waals surface area contributed by atoms with Crippen LogP contribution in [0.15, 0.2) is 12.1 Å². The molecule has 0 aliphatic carbocycles. The molecule has 0 amide bonds. The van der Waals surface area contributed by atoms with E-state index in [2.05, 4.69) is 0 Å². The maximum atomic E-state index is 12.6. The summed E-state index contributed by atoms with van der Waals surface area (Å²) in [5.41, 5.74) is -1.92. The zero-order chi connectivity index (χ0) is 13.1. The molecule has 0 atom stereocenters. The van der Waals surface area contributed by atoms with Crippen molar-refractivity contribution < 1.29 is 27.5 Å². The lowest BCUT2D eigenvalue weighted by atomic mass is 10.0. The molecule has 3 nitrogen and oxygen atoms in total. The summed E-state index contributed by atoms with van der Waals surface area (Å²) in [6, 6.07) is 1.53. The molecule has 1 aromatic rings. The molecular formula is C11H9F3O3. The Bertz CT molecular complexity index is 438. The molecule has 0 N–H and O–H groups in total. The summed E-state index contributed by atoms with van der Waals surface area (Å²) >= 11 is 0. The highest BCUT2D eigenvalue weighted by molar-refractivity contribution is 5.85. The Morgan fingerprint density at radius 2 is 1.76 bits per heavy atom. The summed E-state index contributed by atoms with van der Waals surface area (Å²) in [4.78, 5) is 21.2. The van der Waals surface area contributed by atoms with Crippen molar-refractivity contribution in [3.63, 3.8) is 0 Å². The molecule has 0 spiro atoms. The van der Waals surface area contributed by atoms with Crippen molar-refractivity contribution >= 4 is 12.6 Å². The molecule has 0 fully saturated rings. The molecule has 1 aromatic carbocycles. The van der Waals surface area contributed by atoms with E-state index < -0.39 is 17.3 Å². The zero-order valence-electron chi connectivity index (χ0n) is 8.88. The van der Waals surface area contributed by atoms with Gasteiger partial charge in [-0.15, -0.1) is 0 Å². The van der Waals surface area contributed by atoms with E-state index in [4.69, 9.17) is 4.74 Å². The average Bonchev–Trinajstić information content (AvgIpc) is 2.27. The van der Waals surface area contributed by atoms with Gasteiger partial charge in [0.25, 0.3) is 0 Å². The van der Waals surface area contributed by atoms with Crippen molar-refractivity contribution in [2.45, 2.75) is 13.1 Å². The van der Waals surface area contributed by atoms with E-state index in [9.17, 15) is 22.8 Å². The number of carbonyl (C=O) groups is 2. The molecule has 92 valence electrons. The fourth-order valence-electron chi connectivity index (χ4n) is 1.33. The molecule has 0 unspecified atom stereocenters. The number of hydrogen-bond donors (Lipinski definition) is 0. The van der Waals surface area contributed by atoms with Crippen LogP contribution in [-0.2, 0) is 6.18 Å². The Kier molecular flexibility index (Phi) is 3.88. The van der Waals surface area contributed by atoms with Crippen LogP contribution in [0.5, 0.6) is 5.75 Å². The van der Waals surface area contributed by atoms with E-state index in [-0.39, 0.29) is 30.5 Å².